The van der Waals surface area contributed by atoms with Crippen LogP contribution in [0.3, 0.4) is 0 Å². The minimum Gasteiger partial charge on any atom is -0.406 e. The van der Waals surface area contributed by atoms with Gasteiger partial charge in [0.05, 0.1) is 25.2 Å². The molecule has 2 aliphatic rings. The number of amides is 1. The van der Waals surface area contributed by atoms with Crippen molar-refractivity contribution in [1.29, 1.82) is 0 Å². The van der Waals surface area contributed by atoms with Crippen molar-refractivity contribution in [2.45, 2.75) is 11.8 Å². The zero-order chi connectivity index (χ0) is 26.4. The third-order valence-electron chi connectivity index (χ3n) is 6.47. The molecule has 1 amide bonds. The lowest BCUT2D eigenvalue weighted by molar-refractivity contribution is -0.274. The minimum atomic E-state index is -4.91. The van der Waals surface area contributed by atoms with Gasteiger partial charge in [-0.3, -0.25) is 4.79 Å². The van der Waals surface area contributed by atoms with Gasteiger partial charge in [0.1, 0.15) is 11.6 Å². The van der Waals surface area contributed by atoms with Crippen LogP contribution in [0.2, 0.25) is 0 Å². The zero-order valence-electron chi connectivity index (χ0n) is 19.6. The number of carbonyl (C=O) groups excluding carboxylic acids is 1. The number of halogens is 4. The van der Waals surface area contributed by atoms with E-state index in [1.54, 1.807) is 19.2 Å². The maximum Gasteiger partial charge on any atom is 0.573 e. The number of ether oxygens (including phenoxy) is 2. The van der Waals surface area contributed by atoms with Crippen molar-refractivity contribution in [2.24, 2.45) is 0 Å². The molecule has 0 radical (unpaired) electrons. The van der Waals surface area contributed by atoms with Crippen LogP contribution in [-0.2, 0) is 10.2 Å². The lowest BCUT2D eigenvalue weighted by Gasteiger charge is -2.38. The average Bonchev–Trinajstić information content (AvgIpc) is 3.19. The number of aliphatic hydroxyl groups is 1. The summed E-state index contributed by atoms with van der Waals surface area (Å²) in [5.74, 6) is -1.28. The quantitative estimate of drug-likeness (QED) is 0.499. The predicted molar refractivity (Wildman–Crippen MR) is 124 cm³/mol. The summed E-state index contributed by atoms with van der Waals surface area (Å²) in [4.78, 5) is 24.8. The summed E-state index contributed by atoms with van der Waals surface area (Å²) >= 11 is 0. The van der Waals surface area contributed by atoms with E-state index in [1.807, 2.05) is 11.0 Å². The van der Waals surface area contributed by atoms with Crippen LogP contribution in [0.25, 0.3) is 11.1 Å². The largest absolute Gasteiger partial charge is 0.573 e. The molecule has 37 heavy (non-hydrogen) atoms. The highest BCUT2D eigenvalue weighted by Gasteiger charge is 2.49. The van der Waals surface area contributed by atoms with Crippen LogP contribution in [0.4, 0.5) is 29.2 Å². The molecule has 2 aliphatic heterocycles. The topological polar surface area (TPSA) is 88.0 Å². The Bertz CT molecular complexity index is 1330. The fourth-order valence-electron chi connectivity index (χ4n) is 4.58. The molecule has 1 saturated heterocycles. The Morgan fingerprint density at radius 2 is 1.92 bits per heavy atom. The average molecular weight is 518 g/mol. The lowest BCUT2D eigenvalue weighted by Crippen LogP contribution is -2.49. The predicted octanol–water partition coefficient (Wildman–Crippen LogP) is 3.67. The zero-order valence-corrected chi connectivity index (χ0v) is 19.6. The second kappa shape index (κ2) is 9.27. The number of hydrogen-bond donors (Lipinski definition) is 1. The lowest BCUT2D eigenvalue weighted by atomic mass is 9.80. The van der Waals surface area contributed by atoms with Crippen molar-refractivity contribution in [1.82, 2.24) is 14.9 Å². The third kappa shape index (κ3) is 4.69. The van der Waals surface area contributed by atoms with Gasteiger partial charge in [0, 0.05) is 54.9 Å². The van der Waals surface area contributed by atoms with E-state index in [2.05, 4.69) is 14.7 Å². The summed E-state index contributed by atoms with van der Waals surface area (Å²) in [5.41, 5.74) is 1.88. The Labute approximate surface area is 209 Å². The van der Waals surface area contributed by atoms with E-state index in [4.69, 9.17) is 9.84 Å². The molecule has 1 spiro atoms. The second-order valence-corrected chi connectivity index (χ2v) is 9.00. The number of alkyl halides is 3. The first-order valence-electron chi connectivity index (χ1n) is 11.3. The number of anilines is 2. The molecule has 8 nitrogen and oxygen atoms in total. The Balaban J connectivity index is 1.47. The van der Waals surface area contributed by atoms with Gasteiger partial charge in [-0.05, 0) is 35.9 Å². The molecule has 194 valence electrons. The smallest absolute Gasteiger partial charge is 0.406 e. The molecule has 0 saturated carbocycles. The molecule has 0 bridgehead atoms. The number of aromatic nitrogens is 2. The summed E-state index contributed by atoms with van der Waals surface area (Å²) in [6, 6.07) is 8.07. The molecule has 1 fully saturated rings. The number of fused-ring (bicyclic) bond motifs is 2. The standard InChI is InChI=1S/C25H22F4N4O4/c1-32(6-7-34)22(35)15-2-4-19-21(8-15)33(12-24(19)13-36-14-24)23-30-10-16(11-31-23)18-9-17(3-5-20(18)26)37-25(27,28)29/h2-5,8-11,34H,6-7,12-14H2,1H3. The summed E-state index contributed by atoms with van der Waals surface area (Å²) < 4.78 is 61.6. The molecular weight excluding hydrogens is 496 g/mol. The molecule has 2 aromatic carbocycles. The molecule has 1 aromatic heterocycles. The van der Waals surface area contributed by atoms with E-state index in [-0.39, 0.29) is 41.5 Å². The van der Waals surface area contributed by atoms with Crippen LogP contribution in [0.15, 0.2) is 48.8 Å². The Morgan fingerprint density at radius 3 is 2.54 bits per heavy atom. The molecule has 0 unspecified atom stereocenters. The molecule has 12 heteroatoms. The Hall–Kier alpha value is -3.77. The van der Waals surface area contributed by atoms with E-state index in [0.29, 0.717) is 25.3 Å². The SMILES string of the molecule is CN(CCO)C(=O)c1ccc2c(c1)N(c1ncc(-c3cc(OC(F)(F)F)ccc3F)cn1)CC21COC1. The van der Waals surface area contributed by atoms with Gasteiger partial charge in [-0.15, -0.1) is 13.2 Å². The molecule has 3 heterocycles. The maximum atomic E-state index is 14.4. The van der Waals surface area contributed by atoms with Crippen LogP contribution in [0, 0.1) is 5.82 Å². The van der Waals surface area contributed by atoms with Crippen molar-refractivity contribution in [3.8, 4) is 16.9 Å². The van der Waals surface area contributed by atoms with Gasteiger partial charge >= 0.3 is 6.36 Å². The number of likely N-dealkylation sites (N-methyl/N-ethyl adjacent to an activating group) is 1. The summed E-state index contributed by atoms with van der Waals surface area (Å²) in [6.07, 6.45) is -2.26. The first-order valence-corrected chi connectivity index (χ1v) is 11.3. The molecule has 5 rings (SSSR count). The van der Waals surface area contributed by atoms with Gasteiger partial charge in [-0.2, -0.15) is 0 Å². The molecule has 0 aliphatic carbocycles. The van der Waals surface area contributed by atoms with Crippen LogP contribution >= 0.6 is 0 Å². The van der Waals surface area contributed by atoms with Crippen molar-refractivity contribution in [2.75, 3.05) is 44.9 Å². The van der Waals surface area contributed by atoms with Gasteiger partial charge in [-0.25, -0.2) is 14.4 Å². The van der Waals surface area contributed by atoms with Crippen molar-refractivity contribution in [3.05, 3.63) is 65.7 Å². The molecule has 0 atom stereocenters. The van der Waals surface area contributed by atoms with Gasteiger partial charge in [0.15, 0.2) is 0 Å². The first-order chi connectivity index (χ1) is 17.6. The van der Waals surface area contributed by atoms with Crippen LogP contribution in [-0.4, -0.2) is 72.2 Å². The number of hydrogen-bond acceptors (Lipinski definition) is 7. The summed E-state index contributed by atoms with van der Waals surface area (Å²) in [6.45, 7) is 1.50. The number of aliphatic hydroxyl groups excluding tert-OH is 1. The number of rotatable bonds is 6. The summed E-state index contributed by atoms with van der Waals surface area (Å²) in [5, 5.41) is 9.16. The van der Waals surface area contributed by atoms with Crippen LogP contribution in [0.5, 0.6) is 5.75 Å². The monoisotopic (exact) mass is 518 g/mol. The third-order valence-corrected chi connectivity index (χ3v) is 6.47. The van der Waals surface area contributed by atoms with Gasteiger partial charge in [-0.1, -0.05) is 6.07 Å². The van der Waals surface area contributed by atoms with E-state index in [9.17, 15) is 22.4 Å². The second-order valence-electron chi connectivity index (χ2n) is 9.00. The molecule has 3 aromatic rings. The van der Waals surface area contributed by atoms with Crippen molar-refractivity contribution < 1.29 is 36.9 Å². The van der Waals surface area contributed by atoms with Gasteiger partial charge in [0.2, 0.25) is 5.95 Å². The van der Waals surface area contributed by atoms with Gasteiger partial charge < -0.3 is 24.4 Å². The maximum absolute atomic E-state index is 14.4. The van der Waals surface area contributed by atoms with Crippen LogP contribution < -0.4 is 9.64 Å². The van der Waals surface area contributed by atoms with Crippen LogP contribution in [0.1, 0.15) is 15.9 Å². The molecule has 1 N–H and O–H groups in total. The van der Waals surface area contributed by atoms with Gasteiger partial charge in [0.25, 0.3) is 5.91 Å². The number of benzene rings is 2. The number of carbonyl (C=O) groups is 1. The van der Waals surface area contributed by atoms with E-state index in [1.165, 1.54) is 17.3 Å². The first kappa shape index (κ1) is 24.9. The Morgan fingerprint density at radius 1 is 1.19 bits per heavy atom. The molecular formula is C25H22F4N4O4. The normalized spacial score (nSPS) is 15.9. The van der Waals surface area contributed by atoms with Crippen molar-refractivity contribution >= 4 is 17.5 Å². The number of nitrogens with zero attached hydrogens (tertiary/aromatic N) is 4. The Kier molecular flexibility index (Phi) is 6.24. The highest BCUT2D eigenvalue weighted by atomic mass is 19.4. The highest BCUT2D eigenvalue weighted by Crippen LogP contribution is 2.48. The van der Waals surface area contributed by atoms with E-state index >= 15 is 0 Å². The van der Waals surface area contributed by atoms with E-state index in [0.717, 1.165) is 29.4 Å². The minimum absolute atomic E-state index is 0.140. The fourth-order valence-corrected chi connectivity index (χ4v) is 4.58. The van der Waals surface area contributed by atoms with E-state index < -0.39 is 17.9 Å². The van der Waals surface area contributed by atoms with Crippen molar-refractivity contribution in [3.63, 3.8) is 0 Å². The fraction of sp³-hybridized carbons (Fsp3) is 0.320. The highest BCUT2D eigenvalue weighted by molar-refractivity contribution is 5.96. The summed E-state index contributed by atoms with van der Waals surface area (Å²) in [7, 11) is 1.60.